The van der Waals surface area contributed by atoms with Crippen molar-refractivity contribution in [3.63, 3.8) is 0 Å². The molecule has 1 aromatic carbocycles. The maximum absolute atomic E-state index is 14.0. The van der Waals surface area contributed by atoms with E-state index in [1.165, 1.54) is 7.85 Å². The highest BCUT2D eigenvalue weighted by Gasteiger charge is 2.41. The van der Waals surface area contributed by atoms with Crippen molar-refractivity contribution in [2.45, 2.75) is 18.1 Å². The summed E-state index contributed by atoms with van der Waals surface area (Å²) >= 11 is 0. The highest BCUT2D eigenvalue weighted by molar-refractivity contribution is 6.14. The molecule has 15 heavy (non-hydrogen) atoms. The van der Waals surface area contributed by atoms with Gasteiger partial charge in [-0.2, -0.15) is 0 Å². The first-order chi connectivity index (χ1) is 7.09. The lowest BCUT2D eigenvalue weighted by Gasteiger charge is -2.38. The average Bonchev–Trinajstić information content (AvgIpc) is 2.17. The summed E-state index contributed by atoms with van der Waals surface area (Å²) in [5, 5.41) is 2.25. The van der Waals surface area contributed by atoms with Crippen LogP contribution in [0, 0.1) is 0 Å². The number of rotatable bonds is 1. The van der Waals surface area contributed by atoms with E-state index < -0.39 is 18.1 Å². The normalized spacial score (nSPS) is 36.4. The number of hydrogen-bond donors (Lipinski definition) is 1. The van der Waals surface area contributed by atoms with Crippen molar-refractivity contribution in [1.82, 2.24) is 5.32 Å². The van der Waals surface area contributed by atoms with Gasteiger partial charge in [-0.25, -0.2) is 8.78 Å². The zero-order chi connectivity index (χ0) is 10.9. The van der Waals surface area contributed by atoms with Gasteiger partial charge in [0.15, 0.2) is 19.8 Å². The Morgan fingerprint density at radius 2 is 2.07 bits per heavy atom. The van der Waals surface area contributed by atoms with Crippen LogP contribution in [0.3, 0.4) is 0 Å². The first-order valence-electron chi connectivity index (χ1n) is 4.87. The second kappa shape index (κ2) is 3.91. The molecule has 0 aromatic heterocycles. The van der Waals surface area contributed by atoms with E-state index in [0.29, 0.717) is 5.56 Å². The fourth-order valence-electron chi connectivity index (χ4n) is 1.80. The Labute approximate surface area is 88.0 Å². The zero-order valence-corrected chi connectivity index (χ0v) is 8.41. The number of alkyl halides is 2. The van der Waals surface area contributed by atoms with Crippen molar-refractivity contribution in [2.75, 3.05) is 6.61 Å². The molecule has 2 nitrogen and oxygen atoms in total. The monoisotopic (exact) mass is 211 g/mol. The molecule has 1 aromatic rings. The number of hydrogen-bond acceptors (Lipinski definition) is 2. The predicted octanol–water partition coefficient (Wildman–Crippen LogP) is 0.899. The number of benzene rings is 1. The Kier molecular flexibility index (Phi) is 2.75. The Hall–Kier alpha value is -0.935. The van der Waals surface area contributed by atoms with Crippen molar-refractivity contribution < 1.29 is 13.5 Å². The van der Waals surface area contributed by atoms with Crippen LogP contribution in [0.25, 0.3) is 0 Å². The molecule has 0 radical (unpaired) electrons. The van der Waals surface area contributed by atoms with E-state index in [-0.39, 0.29) is 6.61 Å². The number of nitrogens with one attached hydrogen (secondary N) is 1. The Morgan fingerprint density at radius 1 is 1.40 bits per heavy atom. The molecule has 1 saturated heterocycles. The summed E-state index contributed by atoms with van der Waals surface area (Å²) in [6, 6.07) is 8.98. The maximum Gasteiger partial charge on any atom is 0.176 e. The summed E-state index contributed by atoms with van der Waals surface area (Å²) in [6.45, 7) is -0.126. The van der Waals surface area contributed by atoms with Gasteiger partial charge in [0.2, 0.25) is 0 Å². The van der Waals surface area contributed by atoms with Crippen LogP contribution in [0.1, 0.15) is 11.7 Å². The van der Waals surface area contributed by atoms with E-state index in [9.17, 15) is 8.78 Å². The van der Waals surface area contributed by atoms with Crippen LogP contribution in [0.2, 0.25) is 0 Å². The molecule has 2 rings (SSSR count). The second-order valence-electron chi connectivity index (χ2n) is 3.81. The van der Waals surface area contributed by atoms with E-state index in [1.54, 1.807) is 24.3 Å². The van der Waals surface area contributed by atoms with Gasteiger partial charge in [-0.1, -0.05) is 30.3 Å². The van der Waals surface area contributed by atoms with E-state index in [2.05, 4.69) is 5.32 Å². The van der Waals surface area contributed by atoms with E-state index in [1.807, 2.05) is 6.07 Å². The molecular weight excluding hydrogens is 199 g/mol. The van der Waals surface area contributed by atoms with Crippen molar-refractivity contribution in [1.29, 1.82) is 0 Å². The van der Waals surface area contributed by atoms with Crippen LogP contribution in [-0.4, -0.2) is 26.4 Å². The molecule has 1 heterocycles. The molecule has 1 aliphatic heterocycles. The molecule has 1 aliphatic rings. The first kappa shape index (κ1) is 10.6. The summed E-state index contributed by atoms with van der Waals surface area (Å²) in [6.07, 6.45) is -2.20. The third-order valence-corrected chi connectivity index (χ3v) is 2.44. The minimum atomic E-state index is -1.88. The maximum atomic E-state index is 14.0. The molecule has 0 bridgehead atoms. The van der Waals surface area contributed by atoms with Gasteiger partial charge in [0.05, 0.1) is 6.61 Å². The molecule has 3 unspecified atom stereocenters. The summed E-state index contributed by atoms with van der Waals surface area (Å²) in [4.78, 5) is 0. The molecule has 0 aliphatic carbocycles. The summed E-state index contributed by atoms with van der Waals surface area (Å²) < 4.78 is 32.1. The fraction of sp³-hybridized carbons (Fsp3) is 0.400. The molecule has 0 spiro atoms. The molecule has 0 amide bonds. The lowest BCUT2D eigenvalue weighted by molar-refractivity contribution is -0.118. The summed E-state index contributed by atoms with van der Waals surface area (Å²) in [5.41, 5.74) is -1.17. The van der Waals surface area contributed by atoms with E-state index >= 15 is 0 Å². The van der Waals surface area contributed by atoms with Crippen LogP contribution in [-0.2, 0) is 4.74 Å². The van der Waals surface area contributed by atoms with E-state index in [0.717, 1.165) is 0 Å². The lowest BCUT2D eigenvalue weighted by atomic mass is 9.82. The Balaban J connectivity index is 2.23. The van der Waals surface area contributed by atoms with Crippen molar-refractivity contribution in [2.24, 2.45) is 0 Å². The minimum Gasteiger partial charge on any atom is -0.365 e. The van der Waals surface area contributed by atoms with E-state index in [4.69, 9.17) is 4.74 Å². The van der Waals surface area contributed by atoms with Crippen molar-refractivity contribution >= 4 is 7.85 Å². The quantitative estimate of drug-likeness (QED) is 0.550. The van der Waals surface area contributed by atoms with Crippen LogP contribution in [0.15, 0.2) is 30.3 Å². The number of morpholine rings is 1. The third kappa shape index (κ3) is 2.18. The van der Waals surface area contributed by atoms with Crippen LogP contribution < -0.4 is 5.32 Å². The predicted molar refractivity (Wildman–Crippen MR) is 55.5 cm³/mol. The minimum absolute atomic E-state index is 0.126. The van der Waals surface area contributed by atoms with Gasteiger partial charge in [0.1, 0.15) is 6.10 Å². The van der Waals surface area contributed by atoms with Gasteiger partial charge in [-0.3, -0.25) is 5.32 Å². The van der Waals surface area contributed by atoms with Crippen molar-refractivity contribution in [3.05, 3.63) is 35.9 Å². The van der Waals surface area contributed by atoms with Gasteiger partial charge in [-0.15, -0.1) is 0 Å². The molecular formula is C10H12BF2NO. The Bertz CT molecular complexity index is 333. The third-order valence-electron chi connectivity index (χ3n) is 2.44. The van der Waals surface area contributed by atoms with Gasteiger partial charge < -0.3 is 4.74 Å². The van der Waals surface area contributed by atoms with Gasteiger partial charge in [-0.05, 0) is 5.56 Å². The fourth-order valence-corrected chi connectivity index (χ4v) is 1.80. The lowest BCUT2D eigenvalue weighted by Crippen LogP contribution is -2.56. The van der Waals surface area contributed by atoms with Crippen LogP contribution in [0.5, 0.6) is 0 Å². The first-order valence-corrected chi connectivity index (χ1v) is 4.87. The van der Waals surface area contributed by atoms with Crippen LogP contribution in [0.4, 0.5) is 8.78 Å². The second-order valence-corrected chi connectivity index (χ2v) is 3.81. The molecule has 1 N–H and O–H groups in total. The largest absolute Gasteiger partial charge is 0.365 e. The highest BCUT2D eigenvalue weighted by Crippen LogP contribution is 2.32. The topological polar surface area (TPSA) is 21.3 Å². The van der Waals surface area contributed by atoms with Gasteiger partial charge in [0, 0.05) is 0 Å². The molecule has 5 heteroatoms. The number of halogens is 2. The summed E-state index contributed by atoms with van der Waals surface area (Å²) in [7, 11) is 1.29. The molecule has 0 saturated carbocycles. The molecule has 1 fully saturated rings. The van der Waals surface area contributed by atoms with Gasteiger partial charge >= 0.3 is 0 Å². The molecule has 80 valence electrons. The van der Waals surface area contributed by atoms with Gasteiger partial charge in [0.25, 0.3) is 0 Å². The zero-order valence-electron chi connectivity index (χ0n) is 8.41. The summed E-state index contributed by atoms with van der Waals surface area (Å²) in [5.74, 6) is 0. The van der Waals surface area contributed by atoms with Crippen molar-refractivity contribution in [3.8, 4) is 0 Å². The highest BCUT2D eigenvalue weighted by atomic mass is 19.2. The van der Waals surface area contributed by atoms with Crippen LogP contribution >= 0.6 is 0 Å². The average molecular weight is 211 g/mol. The molecule has 3 atom stereocenters. The standard InChI is InChI=1S/C10H12BF2NO/c11-10(13)9(15-6-8(12)14-10)7-4-2-1-3-5-7/h1-5,8-9,14H,6,11H2. The number of ether oxygens (including phenoxy) is 1. The Morgan fingerprint density at radius 3 is 2.67 bits per heavy atom. The smallest absolute Gasteiger partial charge is 0.176 e. The SMILES string of the molecule is BC1(F)NC(F)COC1c1ccccc1.